The molecule has 13 heavy (non-hydrogen) atoms. The molecule has 78 valence electrons. The molecule has 0 amide bonds. The van der Waals surface area contributed by atoms with Gasteiger partial charge in [-0.2, -0.15) is 0 Å². The van der Waals surface area contributed by atoms with Crippen LogP contribution >= 0.6 is 0 Å². The Morgan fingerprint density at radius 2 is 2.23 bits per heavy atom. The minimum atomic E-state index is -2.57. The highest BCUT2D eigenvalue weighted by Crippen LogP contribution is 2.15. The molecule has 0 radical (unpaired) electrons. The summed E-state index contributed by atoms with van der Waals surface area (Å²) in [7, 11) is 1.76. The molecule has 0 spiro atoms. The molecule has 1 atom stereocenters. The average Bonchev–Trinajstić information content (AvgIpc) is 2.34. The average molecular weight is 192 g/mol. The first kappa shape index (κ1) is 10.9. The molecule has 1 N–H and O–H groups in total. The van der Waals surface area contributed by atoms with Crippen molar-refractivity contribution < 1.29 is 8.78 Å². The molecule has 2 nitrogen and oxygen atoms in total. The Balaban J connectivity index is 2.20. The van der Waals surface area contributed by atoms with Crippen LogP contribution in [0.4, 0.5) is 8.78 Å². The van der Waals surface area contributed by atoms with E-state index in [-0.39, 0.29) is 6.54 Å². The Morgan fingerprint density at radius 3 is 2.69 bits per heavy atom. The number of nitrogens with one attached hydrogen (secondary N) is 1. The molecule has 0 aliphatic carbocycles. The van der Waals surface area contributed by atoms with E-state index in [4.69, 9.17) is 0 Å². The van der Waals surface area contributed by atoms with Gasteiger partial charge in [-0.05, 0) is 32.5 Å². The van der Waals surface area contributed by atoms with Crippen molar-refractivity contribution in [2.24, 2.45) is 5.92 Å². The number of halogens is 2. The van der Waals surface area contributed by atoms with Gasteiger partial charge in [-0.15, -0.1) is 0 Å². The van der Waals surface area contributed by atoms with Crippen LogP contribution in [-0.4, -0.2) is 44.0 Å². The van der Waals surface area contributed by atoms with Crippen molar-refractivity contribution in [3.05, 3.63) is 0 Å². The van der Waals surface area contributed by atoms with Gasteiger partial charge in [0.2, 0.25) is 0 Å². The minimum Gasteiger partial charge on any atom is -0.316 e. The van der Waals surface area contributed by atoms with Gasteiger partial charge in [0.25, 0.3) is 5.92 Å². The maximum absolute atomic E-state index is 12.6. The molecule has 0 bridgehead atoms. The first-order valence-corrected chi connectivity index (χ1v) is 4.74. The van der Waals surface area contributed by atoms with Gasteiger partial charge in [0.05, 0.1) is 6.54 Å². The molecule has 1 heterocycles. The highest BCUT2D eigenvalue weighted by molar-refractivity contribution is 4.75. The van der Waals surface area contributed by atoms with Crippen LogP contribution in [0.15, 0.2) is 0 Å². The lowest BCUT2D eigenvalue weighted by Crippen LogP contribution is -2.35. The normalized spacial score (nSPS) is 24.2. The molecule has 1 saturated heterocycles. The number of hydrogen-bond acceptors (Lipinski definition) is 2. The topological polar surface area (TPSA) is 15.3 Å². The minimum absolute atomic E-state index is 0.135. The van der Waals surface area contributed by atoms with Gasteiger partial charge in [-0.3, -0.25) is 0 Å². The first-order valence-electron chi connectivity index (χ1n) is 4.74. The predicted octanol–water partition coefficient (Wildman–Crippen LogP) is 1.18. The van der Waals surface area contributed by atoms with Crippen LogP contribution in [0.1, 0.15) is 13.3 Å². The van der Waals surface area contributed by atoms with Crippen molar-refractivity contribution in [2.75, 3.05) is 33.2 Å². The highest BCUT2D eigenvalue weighted by Gasteiger charge is 2.25. The summed E-state index contributed by atoms with van der Waals surface area (Å²) >= 11 is 0. The first-order chi connectivity index (χ1) is 5.97. The lowest BCUT2D eigenvalue weighted by molar-refractivity contribution is -0.0104. The highest BCUT2D eigenvalue weighted by atomic mass is 19.3. The number of hydrogen-bond donors (Lipinski definition) is 1. The Labute approximate surface area is 78.3 Å². The van der Waals surface area contributed by atoms with Crippen molar-refractivity contribution in [1.82, 2.24) is 10.2 Å². The molecular weight excluding hydrogens is 174 g/mol. The summed E-state index contributed by atoms with van der Waals surface area (Å²) < 4.78 is 25.2. The number of nitrogens with zero attached hydrogens (tertiary/aromatic N) is 1. The fourth-order valence-electron chi connectivity index (χ4n) is 1.85. The maximum atomic E-state index is 12.6. The third-order valence-corrected chi connectivity index (χ3v) is 2.28. The summed E-state index contributed by atoms with van der Waals surface area (Å²) in [5, 5.41) is 3.23. The Bertz CT molecular complexity index is 150. The van der Waals surface area contributed by atoms with Crippen molar-refractivity contribution in [3.8, 4) is 0 Å². The summed E-state index contributed by atoms with van der Waals surface area (Å²) in [5.74, 6) is -2.02. The van der Waals surface area contributed by atoms with Crippen LogP contribution in [0.3, 0.4) is 0 Å². The standard InChI is InChI=1S/C9H18F2N2/c1-9(10,11)7-13(2)6-8-3-4-12-5-8/h8,12H,3-7H2,1-2H3. The molecule has 0 aromatic heterocycles. The summed E-state index contributed by atoms with van der Waals surface area (Å²) in [5.41, 5.74) is 0. The number of alkyl halides is 2. The summed E-state index contributed by atoms with van der Waals surface area (Å²) in [4.78, 5) is 1.72. The third-order valence-electron chi connectivity index (χ3n) is 2.28. The second-order valence-electron chi connectivity index (χ2n) is 4.13. The largest absolute Gasteiger partial charge is 0.316 e. The van der Waals surface area contributed by atoms with Crippen molar-refractivity contribution in [3.63, 3.8) is 0 Å². The fourth-order valence-corrected chi connectivity index (χ4v) is 1.85. The molecule has 1 rings (SSSR count). The smallest absolute Gasteiger partial charge is 0.257 e. The molecule has 1 fully saturated rings. The van der Waals surface area contributed by atoms with Gasteiger partial charge in [-0.1, -0.05) is 0 Å². The van der Waals surface area contributed by atoms with Gasteiger partial charge in [0.15, 0.2) is 0 Å². The lowest BCUT2D eigenvalue weighted by Gasteiger charge is -2.23. The van der Waals surface area contributed by atoms with Gasteiger partial charge >= 0.3 is 0 Å². The molecular formula is C9H18F2N2. The van der Waals surface area contributed by atoms with E-state index in [1.807, 2.05) is 0 Å². The predicted molar refractivity (Wildman–Crippen MR) is 49.1 cm³/mol. The van der Waals surface area contributed by atoms with E-state index in [2.05, 4.69) is 5.32 Å². The molecule has 4 heteroatoms. The maximum Gasteiger partial charge on any atom is 0.257 e. The van der Waals surface area contributed by atoms with Crippen LogP contribution in [0.25, 0.3) is 0 Å². The molecule has 1 aliphatic heterocycles. The van der Waals surface area contributed by atoms with E-state index in [1.54, 1.807) is 11.9 Å². The lowest BCUT2D eigenvalue weighted by atomic mass is 10.1. The van der Waals surface area contributed by atoms with E-state index in [0.717, 1.165) is 33.0 Å². The van der Waals surface area contributed by atoms with Crippen LogP contribution in [0, 0.1) is 5.92 Å². The van der Waals surface area contributed by atoms with E-state index in [0.29, 0.717) is 5.92 Å². The number of rotatable bonds is 4. The van der Waals surface area contributed by atoms with Crippen LogP contribution in [-0.2, 0) is 0 Å². The van der Waals surface area contributed by atoms with Gasteiger partial charge in [-0.25, -0.2) is 8.78 Å². The summed E-state index contributed by atoms with van der Waals surface area (Å²) in [6.45, 7) is 3.61. The van der Waals surface area contributed by atoms with Crippen molar-refractivity contribution in [2.45, 2.75) is 19.3 Å². The zero-order valence-corrected chi connectivity index (χ0v) is 8.32. The van der Waals surface area contributed by atoms with Crippen molar-refractivity contribution in [1.29, 1.82) is 0 Å². The Hall–Kier alpha value is -0.220. The van der Waals surface area contributed by atoms with Gasteiger partial charge in [0, 0.05) is 13.5 Å². The van der Waals surface area contributed by atoms with E-state index < -0.39 is 5.92 Å². The second kappa shape index (κ2) is 4.33. The summed E-state index contributed by atoms with van der Waals surface area (Å²) in [6.07, 6.45) is 1.11. The zero-order valence-electron chi connectivity index (χ0n) is 8.32. The Morgan fingerprint density at radius 1 is 1.54 bits per heavy atom. The molecule has 1 unspecified atom stereocenters. The van der Waals surface area contributed by atoms with E-state index in [9.17, 15) is 8.78 Å². The van der Waals surface area contributed by atoms with Crippen LogP contribution < -0.4 is 5.32 Å². The van der Waals surface area contributed by atoms with E-state index >= 15 is 0 Å². The van der Waals surface area contributed by atoms with Crippen LogP contribution in [0.5, 0.6) is 0 Å². The third kappa shape index (κ3) is 4.52. The summed E-state index contributed by atoms with van der Waals surface area (Å²) in [6, 6.07) is 0. The molecule has 1 aliphatic rings. The van der Waals surface area contributed by atoms with Crippen LogP contribution in [0.2, 0.25) is 0 Å². The SMILES string of the molecule is CN(CC1CCNC1)CC(C)(F)F. The molecule has 0 aromatic rings. The second-order valence-corrected chi connectivity index (χ2v) is 4.13. The molecule has 0 aromatic carbocycles. The monoisotopic (exact) mass is 192 g/mol. The zero-order chi connectivity index (χ0) is 9.90. The quantitative estimate of drug-likeness (QED) is 0.719. The molecule has 0 saturated carbocycles. The fraction of sp³-hybridized carbons (Fsp3) is 1.00. The van der Waals surface area contributed by atoms with Crippen molar-refractivity contribution >= 4 is 0 Å². The van der Waals surface area contributed by atoms with E-state index in [1.165, 1.54) is 0 Å². The van der Waals surface area contributed by atoms with Gasteiger partial charge in [0.1, 0.15) is 0 Å². The van der Waals surface area contributed by atoms with Gasteiger partial charge < -0.3 is 10.2 Å². The Kier molecular flexibility index (Phi) is 3.62.